The van der Waals surface area contributed by atoms with Crippen molar-refractivity contribution in [3.63, 3.8) is 0 Å². The van der Waals surface area contributed by atoms with Gasteiger partial charge in [0.2, 0.25) is 0 Å². The first kappa shape index (κ1) is 13.3. The molecule has 104 valence electrons. The van der Waals surface area contributed by atoms with E-state index < -0.39 is 10.9 Å². The molecule has 0 fully saturated rings. The van der Waals surface area contributed by atoms with E-state index in [0.29, 0.717) is 16.9 Å². The van der Waals surface area contributed by atoms with E-state index >= 15 is 0 Å². The summed E-state index contributed by atoms with van der Waals surface area (Å²) in [6.45, 7) is 0. The Hall–Kier alpha value is -2.73. The van der Waals surface area contributed by atoms with Gasteiger partial charge in [0.15, 0.2) is 0 Å². The van der Waals surface area contributed by atoms with Crippen LogP contribution in [0, 0.1) is 10.1 Å². The highest BCUT2D eigenvalue weighted by Gasteiger charge is 2.22. The van der Waals surface area contributed by atoms with Gasteiger partial charge in [-0.15, -0.1) is 11.3 Å². The zero-order chi connectivity index (χ0) is 14.8. The number of nitro benzene ring substituents is 1. The molecule has 1 aromatic heterocycles. The molecule has 2 heterocycles. The third kappa shape index (κ3) is 2.75. The number of hydrogen-bond donors (Lipinski definition) is 0. The van der Waals surface area contributed by atoms with Crippen molar-refractivity contribution in [2.45, 2.75) is 0 Å². The fraction of sp³-hybridized carbons (Fsp3) is 0. The molecule has 21 heavy (non-hydrogen) atoms. The van der Waals surface area contributed by atoms with E-state index in [2.05, 4.69) is 0 Å². The second-order valence-corrected chi connectivity index (χ2v) is 5.27. The summed E-state index contributed by atoms with van der Waals surface area (Å²) >= 11 is 1.47. The molecule has 0 spiro atoms. The molecule has 0 saturated carbocycles. The minimum atomic E-state index is -0.470. The van der Waals surface area contributed by atoms with Crippen LogP contribution in [0.3, 0.4) is 0 Å². The van der Waals surface area contributed by atoms with Crippen molar-refractivity contribution in [3.8, 4) is 0 Å². The highest BCUT2D eigenvalue weighted by molar-refractivity contribution is 7.11. The van der Waals surface area contributed by atoms with E-state index in [-0.39, 0.29) is 5.69 Å². The summed E-state index contributed by atoms with van der Waals surface area (Å²) in [5.41, 5.74) is 0.942. The largest absolute Gasteiger partial charge is 0.421 e. The quantitative estimate of drug-likeness (QED) is 0.375. The van der Waals surface area contributed by atoms with Gasteiger partial charge in [-0.2, -0.15) is 0 Å². The Kier molecular flexibility index (Phi) is 3.37. The van der Waals surface area contributed by atoms with Crippen LogP contribution in [0.5, 0.6) is 0 Å². The Balaban J connectivity index is 1.94. The summed E-state index contributed by atoms with van der Waals surface area (Å²) in [5.74, 6) is 0.0524. The monoisotopic (exact) mass is 299 g/mol. The maximum atomic E-state index is 11.8. The molecule has 0 unspecified atom stereocenters. The smallest absolute Gasteiger partial charge is 0.343 e. The van der Waals surface area contributed by atoms with E-state index in [1.807, 2.05) is 17.5 Å². The molecule has 3 rings (SSSR count). The van der Waals surface area contributed by atoms with Crippen LogP contribution in [-0.4, -0.2) is 10.9 Å². The Labute approximate surface area is 123 Å². The molecule has 0 amide bonds. The summed E-state index contributed by atoms with van der Waals surface area (Å²) in [7, 11) is 0. The van der Waals surface area contributed by atoms with Crippen LogP contribution < -0.4 is 0 Å². The fourth-order valence-electron chi connectivity index (χ4n) is 1.94. The Morgan fingerprint density at radius 2 is 2.10 bits per heavy atom. The number of carbonyl (C=O) groups is 1. The first-order valence-electron chi connectivity index (χ1n) is 6.07. The van der Waals surface area contributed by atoms with Crippen LogP contribution in [0.1, 0.15) is 10.4 Å². The molecule has 0 N–H and O–H groups in total. The number of nitro groups is 1. The lowest BCUT2D eigenvalue weighted by Crippen LogP contribution is -1.96. The second kappa shape index (κ2) is 5.34. The SMILES string of the molecule is O=C1OC(c2cccs2)=C/C1=C\c1cccc([N+](=O)[O-])c1. The molecule has 6 heteroatoms. The van der Waals surface area contributed by atoms with Crippen molar-refractivity contribution in [1.29, 1.82) is 0 Å². The Morgan fingerprint density at radius 3 is 2.81 bits per heavy atom. The van der Waals surface area contributed by atoms with E-state index in [1.54, 1.807) is 24.3 Å². The van der Waals surface area contributed by atoms with Gasteiger partial charge in [0.25, 0.3) is 5.69 Å². The zero-order valence-corrected chi connectivity index (χ0v) is 11.5. The van der Waals surface area contributed by atoms with Gasteiger partial charge >= 0.3 is 5.97 Å². The van der Waals surface area contributed by atoms with Crippen molar-refractivity contribution in [2.75, 3.05) is 0 Å². The van der Waals surface area contributed by atoms with Gasteiger partial charge in [-0.05, 0) is 29.2 Å². The molecule has 0 atom stereocenters. The summed E-state index contributed by atoms with van der Waals surface area (Å²) < 4.78 is 5.20. The van der Waals surface area contributed by atoms with Gasteiger partial charge in [0.05, 0.1) is 15.4 Å². The summed E-state index contributed by atoms with van der Waals surface area (Å²) in [4.78, 5) is 23.0. The maximum absolute atomic E-state index is 11.8. The van der Waals surface area contributed by atoms with Crippen molar-refractivity contribution in [2.24, 2.45) is 0 Å². The van der Waals surface area contributed by atoms with E-state index in [4.69, 9.17) is 4.74 Å². The zero-order valence-electron chi connectivity index (χ0n) is 10.7. The number of ether oxygens (including phenoxy) is 1. The normalized spacial score (nSPS) is 15.9. The van der Waals surface area contributed by atoms with Crippen molar-refractivity contribution in [1.82, 2.24) is 0 Å². The first-order valence-corrected chi connectivity index (χ1v) is 6.95. The number of nitrogens with zero attached hydrogens (tertiary/aromatic N) is 1. The number of carbonyl (C=O) groups excluding carboxylic acids is 1. The lowest BCUT2D eigenvalue weighted by atomic mass is 10.1. The average molecular weight is 299 g/mol. The van der Waals surface area contributed by atoms with Crippen molar-refractivity contribution in [3.05, 3.63) is 74.0 Å². The number of rotatable bonds is 3. The molecule has 0 bridgehead atoms. The van der Waals surface area contributed by atoms with Gasteiger partial charge < -0.3 is 4.74 Å². The van der Waals surface area contributed by atoms with Gasteiger partial charge in [0.1, 0.15) is 5.76 Å². The molecule has 2 aromatic rings. The standard InChI is InChI=1S/C15H9NO4S/c17-15-11(9-13(20-15)14-5-2-6-21-14)7-10-3-1-4-12(8-10)16(18)19/h1-9H/b11-7+. The van der Waals surface area contributed by atoms with Crippen LogP contribution in [0.4, 0.5) is 5.69 Å². The van der Waals surface area contributed by atoms with Gasteiger partial charge in [-0.25, -0.2) is 4.79 Å². The predicted octanol–water partition coefficient (Wildman–Crippen LogP) is 3.64. The van der Waals surface area contributed by atoms with Crippen LogP contribution in [0.25, 0.3) is 11.8 Å². The van der Waals surface area contributed by atoms with E-state index in [1.165, 1.54) is 23.5 Å². The minimum absolute atomic E-state index is 0.0156. The average Bonchev–Trinajstić information content (AvgIpc) is 3.10. The molecular formula is C15H9NO4S. The van der Waals surface area contributed by atoms with Crippen LogP contribution in [0.2, 0.25) is 0 Å². The summed E-state index contributed by atoms with van der Waals surface area (Å²) in [6, 6.07) is 9.83. The van der Waals surface area contributed by atoms with Crippen LogP contribution >= 0.6 is 11.3 Å². The number of cyclic esters (lactones) is 1. The second-order valence-electron chi connectivity index (χ2n) is 4.33. The first-order chi connectivity index (χ1) is 10.1. The molecule has 0 radical (unpaired) electrons. The molecule has 1 aliphatic heterocycles. The highest BCUT2D eigenvalue weighted by atomic mass is 32.1. The Bertz CT molecular complexity index is 775. The highest BCUT2D eigenvalue weighted by Crippen LogP contribution is 2.30. The van der Waals surface area contributed by atoms with Gasteiger partial charge in [-0.3, -0.25) is 10.1 Å². The number of benzene rings is 1. The molecule has 1 aromatic carbocycles. The maximum Gasteiger partial charge on any atom is 0.343 e. The van der Waals surface area contributed by atoms with Crippen molar-refractivity contribution >= 4 is 34.8 Å². The number of hydrogen-bond acceptors (Lipinski definition) is 5. The van der Waals surface area contributed by atoms with Gasteiger partial charge in [-0.1, -0.05) is 18.2 Å². The van der Waals surface area contributed by atoms with Crippen LogP contribution in [-0.2, 0) is 9.53 Å². The van der Waals surface area contributed by atoms with Crippen molar-refractivity contribution < 1.29 is 14.5 Å². The lowest BCUT2D eigenvalue weighted by Gasteiger charge is -1.97. The predicted molar refractivity (Wildman–Crippen MR) is 79.5 cm³/mol. The van der Waals surface area contributed by atoms with Gasteiger partial charge in [0, 0.05) is 12.1 Å². The van der Waals surface area contributed by atoms with E-state index in [0.717, 1.165) is 4.88 Å². The van der Waals surface area contributed by atoms with Crippen LogP contribution in [0.15, 0.2) is 53.4 Å². The number of thiophene rings is 1. The number of esters is 1. The lowest BCUT2D eigenvalue weighted by molar-refractivity contribution is -0.384. The number of non-ortho nitro benzene ring substituents is 1. The minimum Gasteiger partial charge on any atom is -0.421 e. The molecule has 1 aliphatic rings. The fourth-order valence-corrected chi connectivity index (χ4v) is 2.61. The third-order valence-corrected chi connectivity index (χ3v) is 3.78. The third-order valence-electron chi connectivity index (χ3n) is 2.89. The molecular weight excluding hydrogens is 290 g/mol. The molecule has 5 nitrogen and oxygen atoms in total. The Morgan fingerprint density at radius 1 is 1.24 bits per heavy atom. The van der Waals surface area contributed by atoms with E-state index in [9.17, 15) is 14.9 Å². The topological polar surface area (TPSA) is 69.4 Å². The molecule has 0 saturated heterocycles. The molecule has 0 aliphatic carbocycles. The summed E-state index contributed by atoms with van der Waals surface area (Å²) in [5, 5.41) is 12.6. The summed E-state index contributed by atoms with van der Waals surface area (Å²) in [6.07, 6.45) is 3.23.